The summed E-state index contributed by atoms with van der Waals surface area (Å²) >= 11 is 0. The molecule has 0 unspecified atom stereocenters. The summed E-state index contributed by atoms with van der Waals surface area (Å²) in [5.41, 5.74) is 3.28. The number of rotatable bonds is 6. The van der Waals surface area contributed by atoms with E-state index in [1.54, 1.807) is 6.20 Å². The molecule has 20 heavy (non-hydrogen) atoms. The van der Waals surface area contributed by atoms with Crippen LogP contribution in [0.25, 0.3) is 0 Å². The molecule has 0 bridgehead atoms. The first kappa shape index (κ1) is 14.5. The van der Waals surface area contributed by atoms with Crippen molar-refractivity contribution in [3.8, 4) is 5.88 Å². The fourth-order valence-corrected chi connectivity index (χ4v) is 1.83. The van der Waals surface area contributed by atoms with Crippen molar-refractivity contribution in [3.63, 3.8) is 0 Å². The number of nitrogens with zero attached hydrogens (tertiary/aromatic N) is 2. The fourth-order valence-electron chi connectivity index (χ4n) is 1.83. The molecule has 0 atom stereocenters. The average Bonchev–Trinajstić information content (AvgIpc) is 2.42. The second kappa shape index (κ2) is 7.01. The van der Waals surface area contributed by atoms with Gasteiger partial charge >= 0.3 is 0 Å². The molecule has 2 rings (SSSR count). The minimum Gasteiger partial charge on any atom is -0.475 e. The predicted octanol–water partition coefficient (Wildman–Crippen LogP) is 2.86. The van der Waals surface area contributed by atoms with Crippen LogP contribution in [0.15, 0.2) is 36.7 Å². The lowest BCUT2D eigenvalue weighted by atomic mass is 10.2. The molecule has 0 spiro atoms. The molecule has 0 aliphatic carbocycles. The first-order valence-corrected chi connectivity index (χ1v) is 6.88. The Morgan fingerprint density at radius 1 is 1.15 bits per heavy atom. The zero-order valence-electron chi connectivity index (χ0n) is 12.3. The third-order valence-electron chi connectivity index (χ3n) is 2.81. The van der Waals surface area contributed by atoms with Crippen LogP contribution in [0.1, 0.15) is 30.7 Å². The molecule has 0 saturated heterocycles. The molecule has 0 radical (unpaired) electrons. The van der Waals surface area contributed by atoms with E-state index < -0.39 is 0 Å². The van der Waals surface area contributed by atoms with Crippen LogP contribution in [-0.2, 0) is 13.1 Å². The molecular weight excluding hydrogens is 250 g/mol. The van der Waals surface area contributed by atoms with Crippen molar-refractivity contribution in [2.75, 3.05) is 0 Å². The van der Waals surface area contributed by atoms with E-state index in [1.807, 2.05) is 45.2 Å². The molecule has 0 saturated carbocycles. The predicted molar refractivity (Wildman–Crippen MR) is 79.5 cm³/mol. The number of ether oxygens (including phenoxy) is 1. The highest BCUT2D eigenvalue weighted by Crippen LogP contribution is 2.15. The Morgan fingerprint density at radius 3 is 2.70 bits per heavy atom. The lowest BCUT2D eigenvalue weighted by Gasteiger charge is -2.13. The highest BCUT2D eigenvalue weighted by Gasteiger charge is 2.06. The number of hydrogen-bond donors (Lipinski definition) is 1. The fraction of sp³-hybridized carbons (Fsp3) is 0.375. The van der Waals surface area contributed by atoms with E-state index in [-0.39, 0.29) is 6.10 Å². The van der Waals surface area contributed by atoms with Crippen molar-refractivity contribution in [2.24, 2.45) is 0 Å². The van der Waals surface area contributed by atoms with Crippen LogP contribution in [0.2, 0.25) is 0 Å². The molecule has 4 nitrogen and oxygen atoms in total. The van der Waals surface area contributed by atoms with Gasteiger partial charge in [0.2, 0.25) is 5.88 Å². The maximum absolute atomic E-state index is 5.70. The van der Waals surface area contributed by atoms with Crippen LogP contribution >= 0.6 is 0 Å². The Hall–Kier alpha value is -1.94. The number of aromatic nitrogens is 2. The molecule has 2 aromatic heterocycles. The summed E-state index contributed by atoms with van der Waals surface area (Å²) in [4.78, 5) is 8.57. The van der Waals surface area contributed by atoms with Gasteiger partial charge in [-0.2, -0.15) is 0 Å². The Kier molecular flexibility index (Phi) is 5.07. The van der Waals surface area contributed by atoms with Gasteiger partial charge in [0.1, 0.15) is 0 Å². The Bertz CT molecular complexity index is 538. The Morgan fingerprint density at radius 2 is 2.00 bits per heavy atom. The monoisotopic (exact) mass is 271 g/mol. The number of hydrogen-bond acceptors (Lipinski definition) is 4. The minimum absolute atomic E-state index is 0.130. The van der Waals surface area contributed by atoms with E-state index in [4.69, 9.17) is 4.74 Å². The molecule has 1 N–H and O–H groups in total. The summed E-state index contributed by atoms with van der Waals surface area (Å²) in [6, 6.07) is 8.07. The number of aryl methyl sites for hydroxylation is 1. The van der Waals surface area contributed by atoms with Gasteiger partial charge in [-0.3, -0.25) is 4.98 Å². The summed E-state index contributed by atoms with van der Waals surface area (Å²) in [5, 5.41) is 3.39. The third-order valence-corrected chi connectivity index (χ3v) is 2.81. The van der Waals surface area contributed by atoms with Gasteiger partial charge in [0.05, 0.1) is 6.10 Å². The SMILES string of the molecule is Cc1ccc(CNCc2cccnc2OC(C)C)cn1. The van der Waals surface area contributed by atoms with Gasteiger partial charge < -0.3 is 10.1 Å². The number of nitrogens with one attached hydrogen (secondary N) is 1. The lowest BCUT2D eigenvalue weighted by Crippen LogP contribution is -2.16. The van der Waals surface area contributed by atoms with Crippen LogP contribution in [0.5, 0.6) is 5.88 Å². The number of pyridine rings is 2. The van der Waals surface area contributed by atoms with Crippen molar-refractivity contribution in [1.29, 1.82) is 0 Å². The maximum Gasteiger partial charge on any atom is 0.218 e. The molecule has 0 aliphatic heterocycles. The van der Waals surface area contributed by atoms with Crippen molar-refractivity contribution in [2.45, 2.75) is 40.0 Å². The van der Waals surface area contributed by atoms with Crippen molar-refractivity contribution < 1.29 is 4.74 Å². The Labute approximate surface area is 120 Å². The quantitative estimate of drug-likeness (QED) is 0.877. The zero-order chi connectivity index (χ0) is 14.4. The molecule has 0 aromatic carbocycles. The van der Waals surface area contributed by atoms with E-state index in [0.717, 1.165) is 24.3 Å². The molecular formula is C16H21N3O. The van der Waals surface area contributed by atoms with Gasteiger partial charge in [-0.15, -0.1) is 0 Å². The van der Waals surface area contributed by atoms with Crippen molar-refractivity contribution >= 4 is 0 Å². The summed E-state index contributed by atoms with van der Waals surface area (Å²) in [6.07, 6.45) is 3.78. The molecule has 106 valence electrons. The molecule has 2 aromatic rings. The average molecular weight is 271 g/mol. The summed E-state index contributed by atoms with van der Waals surface area (Å²) in [5.74, 6) is 0.706. The maximum atomic E-state index is 5.70. The van der Waals surface area contributed by atoms with E-state index in [1.165, 1.54) is 5.56 Å². The molecule has 2 heterocycles. The van der Waals surface area contributed by atoms with Crippen molar-refractivity contribution in [1.82, 2.24) is 15.3 Å². The lowest BCUT2D eigenvalue weighted by molar-refractivity contribution is 0.229. The first-order chi connectivity index (χ1) is 9.65. The van der Waals surface area contributed by atoms with E-state index >= 15 is 0 Å². The van der Waals surface area contributed by atoms with E-state index in [0.29, 0.717) is 5.88 Å². The van der Waals surface area contributed by atoms with E-state index in [9.17, 15) is 0 Å². The molecule has 0 aliphatic rings. The van der Waals surface area contributed by atoms with E-state index in [2.05, 4.69) is 21.4 Å². The molecule has 0 amide bonds. The standard InChI is InChI=1S/C16H21N3O/c1-12(2)20-16-15(5-4-8-18-16)11-17-9-14-7-6-13(3)19-10-14/h4-8,10,12,17H,9,11H2,1-3H3. The van der Waals surface area contributed by atoms with Gasteiger partial charge in [0.25, 0.3) is 0 Å². The van der Waals surface area contributed by atoms with Crippen LogP contribution in [-0.4, -0.2) is 16.1 Å². The van der Waals surface area contributed by atoms with Gasteiger partial charge in [-0.25, -0.2) is 4.98 Å². The summed E-state index contributed by atoms with van der Waals surface area (Å²) in [7, 11) is 0. The smallest absolute Gasteiger partial charge is 0.218 e. The normalized spacial score (nSPS) is 10.8. The summed E-state index contributed by atoms with van der Waals surface area (Å²) in [6.45, 7) is 7.50. The van der Waals surface area contributed by atoms with Crippen molar-refractivity contribution in [3.05, 3.63) is 53.5 Å². The highest BCUT2D eigenvalue weighted by molar-refractivity contribution is 5.25. The van der Waals surface area contributed by atoms with Gasteiger partial charge in [-0.1, -0.05) is 12.1 Å². The zero-order valence-corrected chi connectivity index (χ0v) is 12.3. The van der Waals surface area contributed by atoms with Gasteiger partial charge in [0.15, 0.2) is 0 Å². The van der Waals surface area contributed by atoms with Gasteiger partial charge in [-0.05, 0) is 38.5 Å². The third kappa shape index (κ3) is 4.31. The highest BCUT2D eigenvalue weighted by atomic mass is 16.5. The second-order valence-electron chi connectivity index (χ2n) is 5.05. The largest absolute Gasteiger partial charge is 0.475 e. The second-order valence-corrected chi connectivity index (χ2v) is 5.05. The topological polar surface area (TPSA) is 47.0 Å². The molecule has 4 heteroatoms. The summed E-state index contributed by atoms with van der Waals surface area (Å²) < 4.78 is 5.70. The molecule has 0 fully saturated rings. The van der Waals surface area contributed by atoms with Crippen LogP contribution in [0.4, 0.5) is 0 Å². The minimum atomic E-state index is 0.130. The van der Waals surface area contributed by atoms with Crippen LogP contribution in [0, 0.1) is 6.92 Å². The Balaban J connectivity index is 1.92. The van der Waals surface area contributed by atoms with Gasteiger partial charge in [0, 0.05) is 36.7 Å². The van der Waals surface area contributed by atoms with Crippen LogP contribution < -0.4 is 10.1 Å². The van der Waals surface area contributed by atoms with Crippen LogP contribution in [0.3, 0.4) is 0 Å². The first-order valence-electron chi connectivity index (χ1n) is 6.88.